The molecule has 6 nitrogen and oxygen atoms in total. The zero-order valence-electron chi connectivity index (χ0n) is 18.8. The summed E-state index contributed by atoms with van der Waals surface area (Å²) in [5.41, 5.74) is 1.95. The fraction of sp³-hybridized carbons (Fsp3) is 0.520. The first-order chi connectivity index (χ1) is 15.1. The Balaban J connectivity index is 1.38. The van der Waals surface area contributed by atoms with E-state index < -0.39 is 0 Å². The van der Waals surface area contributed by atoms with Gasteiger partial charge < -0.3 is 19.9 Å². The molecule has 1 fully saturated rings. The van der Waals surface area contributed by atoms with Gasteiger partial charge in [-0.2, -0.15) is 0 Å². The summed E-state index contributed by atoms with van der Waals surface area (Å²) < 4.78 is 5.51. The molecule has 6 heteroatoms. The van der Waals surface area contributed by atoms with E-state index in [0.717, 1.165) is 62.3 Å². The van der Waals surface area contributed by atoms with E-state index in [4.69, 9.17) is 4.74 Å². The number of anilines is 1. The second-order valence-corrected chi connectivity index (χ2v) is 8.20. The molecule has 0 aliphatic carbocycles. The van der Waals surface area contributed by atoms with Gasteiger partial charge in [-0.3, -0.25) is 9.59 Å². The minimum absolute atomic E-state index is 0.0227. The van der Waals surface area contributed by atoms with E-state index >= 15 is 0 Å². The first-order valence-corrected chi connectivity index (χ1v) is 11.5. The molecule has 0 spiro atoms. The SMILES string of the molecule is C/C=C\C(=C/CC)CC(=O)NC1CCN(CCCN2C(=O)COc3ccccc32)CC1. The molecular formula is C25H35N3O3. The number of carbonyl (C=O) groups is 2. The highest BCUT2D eigenvalue weighted by molar-refractivity contribution is 5.97. The second kappa shape index (κ2) is 11.7. The molecule has 0 saturated carbocycles. The van der Waals surface area contributed by atoms with Crippen LogP contribution >= 0.6 is 0 Å². The molecule has 2 amide bonds. The minimum atomic E-state index is 0.0227. The molecule has 2 aliphatic rings. The van der Waals surface area contributed by atoms with Crippen LogP contribution in [-0.4, -0.2) is 55.5 Å². The predicted molar refractivity (Wildman–Crippen MR) is 124 cm³/mol. The maximum Gasteiger partial charge on any atom is 0.265 e. The third-order valence-electron chi connectivity index (χ3n) is 5.83. The average Bonchev–Trinajstić information content (AvgIpc) is 2.77. The van der Waals surface area contributed by atoms with E-state index in [-0.39, 0.29) is 24.5 Å². The van der Waals surface area contributed by atoms with Crippen LogP contribution in [0.25, 0.3) is 0 Å². The van der Waals surface area contributed by atoms with Gasteiger partial charge in [0.15, 0.2) is 6.61 Å². The van der Waals surface area contributed by atoms with E-state index in [9.17, 15) is 9.59 Å². The molecule has 1 saturated heterocycles. The van der Waals surface area contributed by atoms with Gasteiger partial charge in [0.2, 0.25) is 5.91 Å². The molecule has 0 atom stereocenters. The lowest BCUT2D eigenvalue weighted by Gasteiger charge is -2.33. The van der Waals surface area contributed by atoms with Gasteiger partial charge in [0.25, 0.3) is 5.91 Å². The number of ether oxygens (including phenoxy) is 1. The van der Waals surface area contributed by atoms with Crippen molar-refractivity contribution in [3.8, 4) is 5.75 Å². The van der Waals surface area contributed by atoms with Crippen LogP contribution in [0.1, 0.15) is 46.0 Å². The lowest BCUT2D eigenvalue weighted by Crippen LogP contribution is -2.45. The van der Waals surface area contributed by atoms with Crippen LogP contribution in [0, 0.1) is 0 Å². The van der Waals surface area contributed by atoms with Crippen molar-refractivity contribution in [2.45, 2.75) is 52.0 Å². The Kier molecular flexibility index (Phi) is 8.71. The molecule has 1 aromatic carbocycles. The number of nitrogens with one attached hydrogen (secondary N) is 1. The molecule has 1 aromatic rings. The van der Waals surface area contributed by atoms with Crippen LogP contribution in [0.2, 0.25) is 0 Å². The van der Waals surface area contributed by atoms with Crippen LogP contribution < -0.4 is 15.0 Å². The smallest absolute Gasteiger partial charge is 0.265 e. The fourth-order valence-corrected chi connectivity index (χ4v) is 4.29. The zero-order chi connectivity index (χ0) is 22.1. The lowest BCUT2D eigenvalue weighted by molar-refractivity contribution is -0.122. The number of likely N-dealkylation sites (tertiary alicyclic amines) is 1. The van der Waals surface area contributed by atoms with Gasteiger partial charge in [0.1, 0.15) is 5.75 Å². The quantitative estimate of drug-likeness (QED) is 0.613. The number of hydrogen-bond donors (Lipinski definition) is 1. The summed E-state index contributed by atoms with van der Waals surface area (Å²) >= 11 is 0. The Morgan fingerprint density at radius 1 is 1.23 bits per heavy atom. The van der Waals surface area contributed by atoms with Crippen molar-refractivity contribution in [1.29, 1.82) is 0 Å². The maximum atomic E-state index is 12.4. The summed E-state index contributed by atoms with van der Waals surface area (Å²) in [5, 5.41) is 3.20. The van der Waals surface area contributed by atoms with Crippen molar-refractivity contribution < 1.29 is 14.3 Å². The number of allylic oxidation sites excluding steroid dienone is 3. The van der Waals surface area contributed by atoms with Crippen molar-refractivity contribution >= 4 is 17.5 Å². The second-order valence-electron chi connectivity index (χ2n) is 8.20. The number of rotatable bonds is 9. The molecule has 31 heavy (non-hydrogen) atoms. The van der Waals surface area contributed by atoms with E-state index in [2.05, 4.69) is 23.2 Å². The monoisotopic (exact) mass is 425 g/mol. The first kappa shape index (κ1) is 23.1. The molecule has 1 N–H and O–H groups in total. The lowest BCUT2D eigenvalue weighted by atomic mass is 10.0. The van der Waals surface area contributed by atoms with Gasteiger partial charge >= 0.3 is 0 Å². The number of piperidine rings is 1. The van der Waals surface area contributed by atoms with Gasteiger partial charge in [-0.15, -0.1) is 0 Å². The number of benzene rings is 1. The standard InChI is InChI=1S/C25H35N3O3/c1-3-8-20(9-4-2)18-24(29)26-21-12-16-27(17-13-21)14-7-15-28-22-10-5-6-11-23(22)31-19-25(28)30/h3,5-6,8-11,21H,4,7,12-19H2,1-2H3,(H,26,29)/b8-3-,20-9+. The molecule has 0 aromatic heterocycles. The fourth-order valence-electron chi connectivity index (χ4n) is 4.29. The average molecular weight is 426 g/mol. The highest BCUT2D eigenvalue weighted by atomic mass is 16.5. The summed E-state index contributed by atoms with van der Waals surface area (Å²) in [6, 6.07) is 7.97. The summed E-state index contributed by atoms with van der Waals surface area (Å²) in [6.45, 7) is 7.79. The van der Waals surface area contributed by atoms with Crippen LogP contribution in [0.5, 0.6) is 5.75 Å². The van der Waals surface area contributed by atoms with Crippen molar-refractivity contribution in [2.24, 2.45) is 0 Å². The Hall–Kier alpha value is -2.60. The first-order valence-electron chi connectivity index (χ1n) is 11.5. The molecule has 0 radical (unpaired) electrons. The van der Waals surface area contributed by atoms with E-state index in [1.165, 1.54) is 0 Å². The molecule has 168 valence electrons. The minimum Gasteiger partial charge on any atom is -0.482 e. The summed E-state index contributed by atoms with van der Waals surface area (Å²) in [6.07, 6.45) is 10.4. The summed E-state index contributed by atoms with van der Waals surface area (Å²) in [7, 11) is 0. The van der Waals surface area contributed by atoms with E-state index in [1.807, 2.05) is 48.2 Å². The largest absolute Gasteiger partial charge is 0.482 e. The Morgan fingerprint density at radius 3 is 2.74 bits per heavy atom. The Bertz CT molecular complexity index is 810. The van der Waals surface area contributed by atoms with Gasteiger partial charge in [0, 0.05) is 25.7 Å². The van der Waals surface area contributed by atoms with Gasteiger partial charge in [-0.25, -0.2) is 0 Å². The molecule has 0 bridgehead atoms. The third kappa shape index (κ3) is 6.69. The maximum absolute atomic E-state index is 12.4. The van der Waals surface area contributed by atoms with Crippen LogP contribution in [0.4, 0.5) is 5.69 Å². The molecular weight excluding hydrogens is 390 g/mol. The van der Waals surface area contributed by atoms with Crippen LogP contribution in [0.3, 0.4) is 0 Å². The van der Waals surface area contributed by atoms with E-state index in [1.54, 1.807) is 0 Å². The number of para-hydroxylation sites is 2. The highest BCUT2D eigenvalue weighted by Crippen LogP contribution is 2.31. The number of hydrogen-bond acceptors (Lipinski definition) is 4. The van der Waals surface area contributed by atoms with Gasteiger partial charge in [-0.1, -0.05) is 37.3 Å². The topological polar surface area (TPSA) is 61.9 Å². The number of fused-ring (bicyclic) bond motifs is 1. The molecule has 3 rings (SSSR count). The van der Waals surface area contributed by atoms with E-state index in [0.29, 0.717) is 13.0 Å². The molecule has 2 aliphatic heterocycles. The molecule has 2 heterocycles. The van der Waals surface area contributed by atoms with Crippen molar-refractivity contribution in [3.05, 3.63) is 48.1 Å². The molecule has 0 unspecified atom stereocenters. The van der Waals surface area contributed by atoms with Gasteiger partial charge in [0.05, 0.1) is 12.1 Å². The third-order valence-corrected chi connectivity index (χ3v) is 5.83. The van der Waals surface area contributed by atoms with Crippen molar-refractivity contribution in [1.82, 2.24) is 10.2 Å². The Morgan fingerprint density at radius 2 is 2.00 bits per heavy atom. The number of carbonyl (C=O) groups excluding carboxylic acids is 2. The normalized spacial score (nSPS) is 18.2. The number of amides is 2. The van der Waals surface area contributed by atoms with Crippen LogP contribution in [-0.2, 0) is 9.59 Å². The van der Waals surface area contributed by atoms with Crippen molar-refractivity contribution in [2.75, 3.05) is 37.7 Å². The number of nitrogens with zero attached hydrogens (tertiary/aromatic N) is 2. The highest BCUT2D eigenvalue weighted by Gasteiger charge is 2.25. The zero-order valence-corrected chi connectivity index (χ0v) is 18.8. The summed E-state index contributed by atoms with van der Waals surface area (Å²) in [4.78, 5) is 28.9. The van der Waals surface area contributed by atoms with Gasteiger partial charge in [-0.05, 0) is 56.9 Å². The van der Waals surface area contributed by atoms with Crippen molar-refractivity contribution in [3.63, 3.8) is 0 Å². The summed E-state index contributed by atoms with van der Waals surface area (Å²) in [5.74, 6) is 0.917. The Labute approximate surface area is 185 Å². The predicted octanol–water partition coefficient (Wildman–Crippen LogP) is 3.69. The van der Waals surface area contributed by atoms with Crippen LogP contribution in [0.15, 0.2) is 48.1 Å².